The van der Waals surface area contributed by atoms with Crippen molar-refractivity contribution in [1.29, 1.82) is 0 Å². The fraction of sp³-hybridized carbons (Fsp3) is 0.474. The molecule has 2 heterocycles. The molecule has 0 radical (unpaired) electrons. The molecule has 1 N–H and O–H groups in total. The van der Waals surface area contributed by atoms with Crippen LogP contribution in [0.1, 0.15) is 46.2 Å². The van der Waals surface area contributed by atoms with Crippen LogP contribution in [0.2, 0.25) is 0 Å². The second-order valence-corrected chi connectivity index (χ2v) is 6.98. The molecule has 1 saturated heterocycles. The van der Waals surface area contributed by atoms with Gasteiger partial charge >= 0.3 is 0 Å². The molecule has 1 aliphatic heterocycles. The van der Waals surface area contributed by atoms with E-state index in [4.69, 9.17) is 0 Å². The Labute approximate surface area is 143 Å². The number of imidazole rings is 1. The minimum atomic E-state index is 0.124. The number of piperidine rings is 1. The first-order chi connectivity index (χ1) is 11.5. The summed E-state index contributed by atoms with van der Waals surface area (Å²) in [5, 5.41) is 0. The van der Waals surface area contributed by atoms with Gasteiger partial charge in [0.05, 0.1) is 0 Å². The van der Waals surface area contributed by atoms with E-state index in [0.717, 1.165) is 49.6 Å². The molecule has 2 aromatic rings. The van der Waals surface area contributed by atoms with Gasteiger partial charge in [0, 0.05) is 43.0 Å². The lowest BCUT2D eigenvalue weighted by Gasteiger charge is -2.32. The molecule has 0 saturated carbocycles. The van der Waals surface area contributed by atoms with Crippen LogP contribution in [0.5, 0.6) is 0 Å². The summed E-state index contributed by atoms with van der Waals surface area (Å²) in [7, 11) is 4.09. The third-order valence-electron chi connectivity index (χ3n) is 4.52. The quantitative estimate of drug-likeness (QED) is 0.940. The second kappa shape index (κ2) is 7.18. The first-order valence-corrected chi connectivity index (χ1v) is 8.57. The van der Waals surface area contributed by atoms with E-state index in [1.165, 1.54) is 5.56 Å². The minimum absolute atomic E-state index is 0.124. The van der Waals surface area contributed by atoms with Crippen LogP contribution in [-0.2, 0) is 6.54 Å². The van der Waals surface area contributed by atoms with Crippen LogP contribution in [0.4, 0.5) is 0 Å². The molecular formula is C19H26N4O. The molecule has 1 amide bonds. The number of hydrogen-bond donors (Lipinski definition) is 1. The predicted molar refractivity (Wildman–Crippen MR) is 95.0 cm³/mol. The standard InChI is InChI=1S/C19H26N4O/c1-14-11-20-18(21-14)17-5-4-10-23(13-17)19(24)16-8-6-15(7-9-16)12-22(2)3/h6-9,11,17H,4-5,10,12-13H2,1-3H3,(H,20,21)/t17-/m0/s1. The highest BCUT2D eigenvalue weighted by atomic mass is 16.2. The Balaban J connectivity index is 1.67. The average Bonchev–Trinajstić information content (AvgIpc) is 3.01. The summed E-state index contributed by atoms with van der Waals surface area (Å²) in [6.07, 6.45) is 3.97. The van der Waals surface area contributed by atoms with Crippen LogP contribution >= 0.6 is 0 Å². The van der Waals surface area contributed by atoms with Gasteiger partial charge in [-0.2, -0.15) is 0 Å². The average molecular weight is 326 g/mol. The number of aromatic nitrogens is 2. The molecule has 1 fully saturated rings. The van der Waals surface area contributed by atoms with Gasteiger partial charge in [-0.25, -0.2) is 4.98 Å². The van der Waals surface area contributed by atoms with E-state index < -0.39 is 0 Å². The Morgan fingerprint density at radius 3 is 2.71 bits per heavy atom. The maximum atomic E-state index is 12.8. The Kier molecular flexibility index (Phi) is 5.00. The van der Waals surface area contributed by atoms with Crippen LogP contribution in [0, 0.1) is 6.92 Å². The summed E-state index contributed by atoms with van der Waals surface area (Å²) >= 11 is 0. The van der Waals surface area contributed by atoms with Gasteiger partial charge in [0.25, 0.3) is 5.91 Å². The molecule has 0 aliphatic carbocycles. The number of rotatable bonds is 4. The predicted octanol–water partition coefficient (Wildman–Crippen LogP) is 2.80. The number of aromatic amines is 1. The number of hydrogen-bond acceptors (Lipinski definition) is 3. The van der Waals surface area contributed by atoms with E-state index in [1.807, 2.05) is 56.4 Å². The van der Waals surface area contributed by atoms with Gasteiger partial charge in [0.15, 0.2) is 0 Å². The molecule has 1 aromatic heterocycles. The molecular weight excluding hydrogens is 300 g/mol. The number of amides is 1. The van der Waals surface area contributed by atoms with Gasteiger partial charge in [-0.05, 0) is 51.6 Å². The number of H-pyrrole nitrogens is 1. The van der Waals surface area contributed by atoms with Crippen molar-refractivity contribution in [2.24, 2.45) is 0 Å². The number of carbonyl (C=O) groups excluding carboxylic acids is 1. The molecule has 24 heavy (non-hydrogen) atoms. The van der Waals surface area contributed by atoms with Crippen LogP contribution in [-0.4, -0.2) is 52.9 Å². The monoisotopic (exact) mass is 326 g/mol. The van der Waals surface area contributed by atoms with Gasteiger partial charge in [-0.15, -0.1) is 0 Å². The van der Waals surface area contributed by atoms with Crippen molar-refractivity contribution < 1.29 is 4.79 Å². The molecule has 0 unspecified atom stereocenters. The fourth-order valence-electron chi connectivity index (χ4n) is 3.33. The van der Waals surface area contributed by atoms with Crippen molar-refractivity contribution in [3.63, 3.8) is 0 Å². The number of aryl methyl sites for hydroxylation is 1. The summed E-state index contributed by atoms with van der Waals surface area (Å²) in [5.41, 5.74) is 3.07. The van der Waals surface area contributed by atoms with Gasteiger partial charge in [0.2, 0.25) is 0 Å². The zero-order valence-electron chi connectivity index (χ0n) is 14.7. The summed E-state index contributed by atoms with van der Waals surface area (Å²) in [6, 6.07) is 7.98. The van der Waals surface area contributed by atoms with Crippen LogP contribution in [0.15, 0.2) is 30.5 Å². The fourth-order valence-corrected chi connectivity index (χ4v) is 3.33. The lowest BCUT2D eigenvalue weighted by Crippen LogP contribution is -2.39. The Bertz CT molecular complexity index is 690. The maximum absolute atomic E-state index is 12.8. The van der Waals surface area contributed by atoms with E-state index >= 15 is 0 Å². The van der Waals surface area contributed by atoms with Gasteiger partial charge in [0.1, 0.15) is 5.82 Å². The van der Waals surface area contributed by atoms with Crippen LogP contribution in [0.3, 0.4) is 0 Å². The second-order valence-electron chi connectivity index (χ2n) is 6.98. The van der Waals surface area contributed by atoms with E-state index in [2.05, 4.69) is 14.9 Å². The molecule has 1 atom stereocenters. The molecule has 0 spiro atoms. The summed E-state index contributed by atoms with van der Waals surface area (Å²) < 4.78 is 0. The summed E-state index contributed by atoms with van der Waals surface area (Å²) in [6.45, 7) is 4.47. The molecule has 128 valence electrons. The Morgan fingerprint density at radius 2 is 2.08 bits per heavy atom. The van der Waals surface area contributed by atoms with E-state index in [-0.39, 0.29) is 5.91 Å². The Hall–Kier alpha value is -2.14. The van der Waals surface area contributed by atoms with Crippen LogP contribution in [0.25, 0.3) is 0 Å². The minimum Gasteiger partial charge on any atom is -0.346 e. The zero-order chi connectivity index (χ0) is 17.1. The van der Waals surface area contributed by atoms with Gasteiger partial charge in [-0.3, -0.25) is 4.79 Å². The van der Waals surface area contributed by atoms with Crippen LogP contribution < -0.4 is 0 Å². The first kappa shape index (κ1) is 16.7. The normalized spacial score (nSPS) is 18.2. The third kappa shape index (κ3) is 3.85. The SMILES string of the molecule is Cc1cnc([C@H]2CCCN(C(=O)c3ccc(CN(C)C)cc3)C2)[nH]1. The molecule has 0 bridgehead atoms. The number of nitrogens with one attached hydrogen (secondary N) is 1. The first-order valence-electron chi connectivity index (χ1n) is 8.57. The van der Waals surface area contributed by atoms with Gasteiger partial charge < -0.3 is 14.8 Å². The van der Waals surface area contributed by atoms with Crippen molar-refractivity contribution in [3.05, 3.63) is 53.1 Å². The number of nitrogens with zero attached hydrogens (tertiary/aromatic N) is 3. The van der Waals surface area contributed by atoms with Crippen molar-refractivity contribution in [2.45, 2.75) is 32.2 Å². The van der Waals surface area contributed by atoms with Crippen molar-refractivity contribution >= 4 is 5.91 Å². The van der Waals surface area contributed by atoms with E-state index in [9.17, 15) is 4.79 Å². The number of carbonyl (C=O) groups is 1. The zero-order valence-corrected chi connectivity index (χ0v) is 14.7. The molecule has 1 aliphatic rings. The number of benzene rings is 1. The number of likely N-dealkylation sites (tertiary alicyclic amines) is 1. The smallest absolute Gasteiger partial charge is 0.253 e. The van der Waals surface area contributed by atoms with Crippen molar-refractivity contribution in [2.75, 3.05) is 27.2 Å². The third-order valence-corrected chi connectivity index (χ3v) is 4.52. The highest BCUT2D eigenvalue weighted by Gasteiger charge is 2.27. The lowest BCUT2D eigenvalue weighted by atomic mass is 9.96. The molecule has 5 nitrogen and oxygen atoms in total. The summed E-state index contributed by atoms with van der Waals surface area (Å²) in [4.78, 5) is 24.7. The van der Waals surface area contributed by atoms with E-state index in [1.54, 1.807) is 0 Å². The van der Waals surface area contributed by atoms with Crippen molar-refractivity contribution in [3.8, 4) is 0 Å². The molecule has 3 rings (SSSR count). The summed E-state index contributed by atoms with van der Waals surface area (Å²) in [5.74, 6) is 1.44. The maximum Gasteiger partial charge on any atom is 0.253 e. The topological polar surface area (TPSA) is 52.2 Å². The lowest BCUT2D eigenvalue weighted by molar-refractivity contribution is 0.0705. The van der Waals surface area contributed by atoms with Gasteiger partial charge in [-0.1, -0.05) is 12.1 Å². The van der Waals surface area contributed by atoms with Crippen molar-refractivity contribution in [1.82, 2.24) is 19.8 Å². The molecule has 1 aromatic carbocycles. The highest BCUT2D eigenvalue weighted by molar-refractivity contribution is 5.94. The molecule has 5 heteroatoms. The Morgan fingerprint density at radius 1 is 1.33 bits per heavy atom. The highest BCUT2D eigenvalue weighted by Crippen LogP contribution is 2.26. The van der Waals surface area contributed by atoms with E-state index in [0.29, 0.717) is 5.92 Å². The largest absolute Gasteiger partial charge is 0.346 e.